The zero-order valence-corrected chi connectivity index (χ0v) is 16.4. The fourth-order valence-corrected chi connectivity index (χ4v) is 3.45. The van der Waals surface area contributed by atoms with E-state index in [9.17, 15) is 18.8 Å². The highest BCUT2D eigenvalue weighted by Gasteiger charge is 2.20. The third-order valence-electron chi connectivity index (χ3n) is 5.00. The van der Waals surface area contributed by atoms with Gasteiger partial charge in [-0.05, 0) is 43.3 Å². The molecule has 1 amide bonds. The highest BCUT2D eigenvalue weighted by molar-refractivity contribution is 5.91. The van der Waals surface area contributed by atoms with Crippen LogP contribution < -0.4 is 16.6 Å². The normalized spacial score (nSPS) is 11.0. The van der Waals surface area contributed by atoms with Crippen LogP contribution in [0.25, 0.3) is 16.7 Å². The van der Waals surface area contributed by atoms with Gasteiger partial charge in [0.1, 0.15) is 17.9 Å². The molecule has 0 atom stereocenters. The number of anilines is 1. The van der Waals surface area contributed by atoms with Gasteiger partial charge >= 0.3 is 5.69 Å². The van der Waals surface area contributed by atoms with Crippen molar-refractivity contribution in [2.24, 2.45) is 7.05 Å². The zero-order chi connectivity index (χ0) is 21.4. The minimum absolute atomic E-state index is 0.282. The molecule has 7 nitrogen and oxygen atoms in total. The number of hydrogen-bond acceptors (Lipinski definition) is 3. The van der Waals surface area contributed by atoms with Crippen molar-refractivity contribution in [3.63, 3.8) is 0 Å². The number of carbonyl (C=O) groups is 1. The lowest BCUT2D eigenvalue weighted by molar-refractivity contribution is -0.116. The minimum atomic E-state index is -0.626. The number of hydrogen-bond donors (Lipinski definition) is 1. The third kappa shape index (κ3) is 3.32. The van der Waals surface area contributed by atoms with E-state index in [0.29, 0.717) is 16.7 Å². The Morgan fingerprint density at radius 1 is 1.03 bits per heavy atom. The molecule has 0 spiro atoms. The van der Waals surface area contributed by atoms with E-state index >= 15 is 0 Å². The summed E-state index contributed by atoms with van der Waals surface area (Å²) < 4.78 is 17.4. The van der Waals surface area contributed by atoms with Crippen molar-refractivity contribution >= 4 is 22.6 Å². The molecule has 0 aliphatic heterocycles. The Kier molecular flexibility index (Phi) is 4.83. The van der Waals surface area contributed by atoms with Crippen molar-refractivity contribution in [2.45, 2.75) is 13.5 Å². The number of benzene rings is 2. The molecule has 2 heterocycles. The summed E-state index contributed by atoms with van der Waals surface area (Å²) in [4.78, 5) is 39.0. The molecule has 8 heteroatoms. The maximum Gasteiger partial charge on any atom is 0.336 e. The van der Waals surface area contributed by atoms with E-state index in [2.05, 4.69) is 5.32 Å². The van der Waals surface area contributed by atoms with Gasteiger partial charge in [0.25, 0.3) is 5.56 Å². The van der Waals surface area contributed by atoms with Gasteiger partial charge in [-0.2, -0.15) is 0 Å². The molecule has 4 rings (SSSR count). The summed E-state index contributed by atoms with van der Waals surface area (Å²) in [7, 11) is 1.73. The number of para-hydroxylation sites is 1. The summed E-state index contributed by atoms with van der Waals surface area (Å²) in [6, 6.07) is 15.7. The summed E-state index contributed by atoms with van der Waals surface area (Å²) in [5.74, 6) is -0.993. The van der Waals surface area contributed by atoms with Gasteiger partial charge in [0, 0.05) is 18.4 Å². The van der Waals surface area contributed by atoms with E-state index in [1.807, 2.05) is 6.92 Å². The molecule has 4 aromatic rings. The van der Waals surface area contributed by atoms with Gasteiger partial charge in [0.15, 0.2) is 0 Å². The fraction of sp³-hybridized carbons (Fsp3) is 0.136. The molecule has 0 aliphatic carbocycles. The zero-order valence-electron chi connectivity index (χ0n) is 16.4. The Labute approximate surface area is 170 Å². The van der Waals surface area contributed by atoms with Gasteiger partial charge in [0.2, 0.25) is 5.91 Å². The number of nitrogens with zero attached hydrogens (tertiary/aromatic N) is 3. The summed E-state index contributed by atoms with van der Waals surface area (Å²) in [5.41, 5.74) is 1.06. The van der Waals surface area contributed by atoms with Crippen molar-refractivity contribution in [1.82, 2.24) is 13.7 Å². The van der Waals surface area contributed by atoms with Crippen LogP contribution in [0.15, 0.2) is 70.3 Å². The molecule has 0 fully saturated rings. The SMILES string of the molecule is Cc1cc2c(c(=O)n(-c3ccccc3)c(=O)n2CC(=O)Nc2cccc(F)c2)n1C. The maximum atomic E-state index is 13.4. The van der Waals surface area contributed by atoms with Crippen LogP contribution in [-0.4, -0.2) is 19.6 Å². The molecule has 152 valence electrons. The number of carbonyl (C=O) groups excluding carboxylic acids is 1. The summed E-state index contributed by atoms with van der Waals surface area (Å²) in [5, 5.41) is 2.59. The van der Waals surface area contributed by atoms with Gasteiger partial charge in [-0.15, -0.1) is 0 Å². The highest BCUT2D eigenvalue weighted by atomic mass is 19.1. The first-order chi connectivity index (χ1) is 14.4. The van der Waals surface area contributed by atoms with Gasteiger partial charge < -0.3 is 9.88 Å². The van der Waals surface area contributed by atoms with Gasteiger partial charge in [-0.3, -0.25) is 14.2 Å². The Bertz CT molecular complexity index is 1380. The van der Waals surface area contributed by atoms with Crippen LogP contribution in [0, 0.1) is 12.7 Å². The minimum Gasteiger partial charge on any atom is -0.342 e. The average molecular weight is 406 g/mol. The van der Waals surface area contributed by atoms with E-state index in [4.69, 9.17) is 0 Å². The maximum absolute atomic E-state index is 13.4. The molecule has 2 aromatic heterocycles. The monoisotopic (exact) mass is 406 g/mol. The third-order valence-corrected chi connectivity index (χ3v) is 5.00. The Hall–Kier alpha value is -3.94. The van der Waals surface area contributed by atoms with Crippen LogP contribution in [0.4, 0.5) is 10.1 Å². The second-order valence-corrected chi connectivity index (χ2v) is 6.98. The molecule has 0 aliphatic rings. The Morgan fingerprint density at radius 2 is 1.77 bits per heavy atom. The number of aromatic nitrogens is 3. The van der Waals surface area contributed by atoms with Crippen LogP contribution in [0.5, 0.6) is 0 Å². The second kappa shape index (κ2) is 7.47. The van der Waals surface area contributed by atoms with Crippen molar-refractivity contribution < 1.29 is 9.18 Å². The predicted octanol–water partition coefficient (Wildman–Crippen LogP) is 2.58. The van der Waals surface area contributed by atoms with Gasteiger partial charge in [0.05, 0.1) is 11.2 Å². The first-order valence-electron chi connectivity index (χ1n) is 9.29. The molecule has 1 N–H and O–H groups in total. The van der Waals surface area contributed by atoms with Crippen LogP contribution in [0.3, 0.4) is 0 Å². The Morgan fingerprint density at radius 3 is 2.47 bits per heavy atom. The topological polar surface area (TPSA) is 78.0 Å². The molecule has 0 radical (unpaired) electrons. The van der Waals surface area contributed by atoms with Crippen LogP contribution in [-0.2, 0) is 18.4 Å². The quantitative estimate of drug-likeness (QED) is 0.566. The molecular formula is C22H19FN4O3. The lowest BCUT2D eigenvalue weighted by Crippen LogP contribution is -2.41. The van der Waals surface area contributed by atoms with Crippen molar-refractivity contribution in [2.75, 3.05) is 5.32 Å². The Balaban J connectivity index is 1.87. The van der Waals surface area contributed by atoms with Crippen molar-refractivity contribution in [3.8, 4) is 5.69 Å². The van der Waals surface area contributed by atoms with Gasteiger partial charge in [-0.25, -0.2) is 13.8 Å². The number of rotatable bonds is 4. The standard InChI is InChI=1S/C22H19FN4O3/c1-14-11-18-20(25(14)2)21(29)27(17-9-4-3-5-10-17)22(30)26(18)13-19(28)24-16-8-6-7-15(23)12-16/h3-12H,13H2,1-2H3,(H,24,28). The van der Waals surface area contributed by atoms with E-state index in [0.717, 1.165) is 10.3 Å². The van der Waals surface area contributed by atoms with Gasteiger partial charge in [-0.1, -0.05) is 24.3 Å². The fourth-order valence-electron chi connectivity index (χ4n) is 3.45. The lowest BCUT2D eigenvalue weighted by atomic mass is 10.3. The second-order valence-electron chi connectivity index (χ2n) is 6.98. The number of amides is 1. The summed E-state index contributed by atoms with van der Waals surface area (Å²) in [6.45, 7) is 1.48. The van der Waals surface area contributed by atoms with E-state index in [-0.39, 0.29) is 12.2 Å². The molecular weight excluding hydrogens is 387 g/mol. The largest absolute Gasteiger partial charge is 0.342 e. The van der Waals surface area contributed by atoms with Crippen molar-refractivity contribution in [3.05, 3.63) is 93.0 Å². The molecule has 0 saturated heterocycles. The van der Waals surface area contributed by atoms with E-state index in [1.165, 1.54) is 22.8 Å². The molecule has 30 heavy (non-hydrogen) atoms. The number of aryl methyl sites for hydroxylation is 2. The molecule has 2 aromatic carbocycles. The first kappa shape index (κ1) is 19.4. The predicted molar refractivity (Wildman–Crippen MR) is 113 cm³/mol. The number of halogens is 1. The summed E-state index contributed by atoms with van der Waals surface area (Å²) in [6.07, 6.45) is 0. The smallest absolute Gasteiger partial charge is 0.336 e. The molecule has 0 bridgehead atoms. The first-order valence-corrected chi connectivity index (χ1v) is 9.29. The van der Waals surface area contributed by atoms with Crippen molar-refractivity contribution in [1.29, 1.82) is 0 Å². The average Bonchev–Trinajstić information content (AvgIpc) is 3.01. The summed E-state index contributed by atoms with van der Waals surface area (Å²) >= 11 is 0. The van der Waals surface area contributed by atoms with E-state index in [1.54, 1.807) is 54.1 Å². The molecule has 0 saturated carbocycles. The van der Waals surface area contributed by atoms with E-state index < -0.39 is 23.0 Å². The molecule has 0 unspecified atom stereocenters. The van der Waals surface area contributed by atoms with Crippen LogP contribution in [0.2, 0.25) is 0 Å². The highest BCUT2D eigenvalue weighted by Crippen LogP contribution is 2.15. The number of fused-ring (bicyclic) bond motifs is 1. The lowest BCUT2D eigenvalue weighted by Gasteiger charge is -2.13. The van der Waals surface area contributed by atoms with Crippen LogP contribution in [0.1, 0.15) is 5.69 Å². The number of nitrogens with one attached hydrogen (secondary N) is 1. The van der Waals surface area contributed by atoms with Crippen LogP contribution >= 0.6 is 0 Å².